The Balaban J connectivity index is 2.07. The van der Waals surface area contributed by atoms with E-state index < -0.39 is 18.1 Å². The predicted molar refractivity (Wildman–Crippen MR) is 46.5 cm³/mol. The number of carbonyl (C=O) groups excluding carboxylic acids is 1. The van der Waals surface area contributed by atoms with Gasteiger partial charge in [-0.3, -0.25) is 4.79 Å². The summed E-state index contributed by atoms with van der Waals surface area (Å²) in [5, 5.41) is 18.2. The van der Waals surface area contributed by atoms with Gasteiger partial charge in [-0.15, -0.1) is 0 Å². The van der Waals surface area contributed by atoms with Crippen LogP contribution in [0.15, 0.2) is 0 Å². The average Bonchev–Trinajstić information content (AvgIpc) is 2.87. The van der Waals surface area contributed by atoms with Gasteiger partial charge in [0.05, 0.1) is 6.10 Å². The van der Waals surface area contributed by atoms with Gasteiger partial charge in [-0.1, -0.05) is 0 Å². The number of carboxylic acids is 1. The SMILES string of the molecule is O=C(O)C1CC(O)CN1C(=O)C1CC1. The van der Waals surface area contributed by atoms with Gasteiger partial charge in [0.2, 0.25) is 5.91 Å². The Labute approximate surface area is 81.3 Å². The van der Waals surface area contributed by atoms with Crippen LogP contribution in [0.1, 0.15) is 19.3 Å². The first-order chi connectivity index (χ1) is 6.59. The largest absolute Gasteiger partial charge is 0.480 e. The molecule has 1 heterocycles. The first-order valence-electron chi connectivity index (χ1n) is 4.81. The normalized spacial score (nSPS) is 31.9. The third-order valence-electron chi connectivity index (χ3n) is 2.77. The van der Waals surface area contributed by atoms with Crippen LogP contribution in [0.3, 0.4) is 0 Å². The van der Waals surface area contributed by atoms with E-state index in [-0.39, 0.29) is 24.8 Å². The van der Waals surface area contributed by atoms with Crippen molar-refractivity contribution in [2.75, 3.05) is 6.54 Å². The maximum Gasteiger partial charge on any atom is 0.326 e. The summed E-state index contributed by atoms with van der Waals surface area (Å²) in [5.41, 5.74) is 0. The molecule has 0 aromatic carbocycles. The number of carboxylic acid groups (broad SMARTS) is 1. The monoisotopic (exact) mass is 199 g/mol. The van der Waals surface area contributed by atoms with Crippen molar-refractivity contribution in [3.63, 3.8) is 0 Å². The number of hydrogen-bond acceptors (Lipinski definition) is 3. The Kier molecular flexibility index (Phi) is 2.19. The van der Waals surface area contributed by atoms with Gasteiger partial charge in [-0.2, -0.15) is 0 Å². The number of amides is 1. The fraction of sp³-hybridized carbons (Fsp3) is 0.778. The molecule has 2 aliphatic rings. The van der Waals surface area contributed by atoms with Gasteiger partial charge < -0.3 is 15.1 Å². The van der Waals surface area contributed by atoms with Crippen molar-refractivity contribution >= 4 is 11.9 Å². The molecule has 2 rings (SSSR count). The van der Waals surface area contributed by atoms with Gasteiger partial charge >= 0.3 is 5.97 Å². The molecule has 1 amide bonds. The van der Waals surface area contributed by atoms with E-state index in [1.165, 1.54) is 4.90 Å². The summed E-state index contributed by atoms with van der Waals surface area (Å²) in [6.45, 7) is 0.173. The van der Waals surface area contributed by atoms with E-state index in [4.69, 9.17) is 5.11 Å². The van der Waals surface area contributed by atoms with E-state index in [1.807, 2.05) is 0 Å². The van der Waals surface area contributed by atoms with Crippen LogP contribution < -0.4 is 0 Å². The van der Waals surface area contributed by atoms with Gasteiger partial charge in [-0.25, -0.2) is 4.79 Å². The molecule has 0 aromatic rings. The Morgan fingerprint density at radius 2 is 1.93 bits per heavy atom. The Morgan fingerprint density at radius 3 is 2.43 bits per heavy atom. The van der Waals surface area contributed by atoms with Crippen LogP contribution in [0, 0.1) is 5.92 Å². The first kappa shape index (κ1) is 9.45. The Bertz CT molecular complexity index is 274. The van der Waals surface area contributed by atoms with Crippen molar-refractivity contribution in [1.29, 1.82) is 0 Å². The predicted octanol–water partition coefficient (Wildman–Crippen LogP) is -0.557. The maximum absolute atomic E-state index is 11.6. The maximum atomic E-state index is 11.6. The van der Waals surface area contributed by atoms with E-state index in [0.717, 1.165) is 12.8 Å². The molecule has 5 nitrogen and oxygen atoms in total. The molecule has 0 radical (unpaired) electrons. The van der Waals surface area contributed by atoms with Crippen molar-refractivity contribution in [3.8, 4) is 0 Å². The second-order valence-electron chi connectivity index (χ2n) is 4.01. The van der Waals surface area contributed by atoms with Crippen LogP contribution in [0.5, 0.6) is 0 Å². The molecule has 2 fully saturated rings. The number of aliphatic carboxylic acids is 1. The fourth-order valence-corrected chi connectivity index (χ4v) is 1.86. The lowest BCUT2D eigenvalue weighted by atomic mass is 10.2. The lowest BCUT2D eigenvalue weighted by molar-refractivity contribution is -0.148. The second-order valence-corrected chi connectivity index (χ2v) is 4.01. The summed E-state index contributed by atoms with van der Waals surface area (Å²) in [5.74, 6) is -1.10. The van der Waals surface area contributed by atoms with E-state index in [9.17, 15) is 14.7 Å². The zero-order valence-electron chi connectivity index (χ0n) is 7.72. The smallest absolute Gasteiger partial charge is 0.326 e. The zero-order valence-corrected chi connectivity index (χ0v) is 7.72. The molecule has 14 heavy (non-hydrogen) atoms. The van der Waals surface area contributed by atoms with Crippen LogP contribution in [0.4, 0.5) is 0 Å². The van der Waals surface area contributed by atoms with Crippen molar-refractivity contribution in [3.05, 3.63) is 0 Å². The highest BCUT2D eigenvalue weighted by Crippen LogP contribution is 2.33. The fourth-order valence-electron chi connectivity index (χ4n) is 1.86. The van der Waals surface area contributed by atoms with Crippen molar-refractivity contribution in [2.45, 2.75) is 31.4 Å². The molecule has 2 unspecified atom stereocenters. The highest BCUT2D eigenvalue weighted by Gasteiger charge is 2.43. The Hall–Kier alpha value is -1.10. The highest BCUT2D eigenvalue weighted by molar-refractivity contribution is 5.87. The van der Waals surface area contributed by atoms with E-state index >= 15 is 0 Å². The van der Waals surface area contributed by atoms with Crippen LogP contribution in [-0.2, 0) is 9.59 Å². The summed E-state index contributed by atoms with van der Waals surface area (Å²) in [6, 6.07) is -0.821. The Morgan fingerprint density at radius 1 is 1.29 bits per heavy atom. The molecule has 2 atom stereocenters. The number of aliphatic hydroxyl groups excluding tert-OH is 1. The van der Waals surface area contributed by atoms with Gasteiger partial charge in [0.15, 0.2) is 0 Å². The molecule has 0 bridgehead atoms. The number of β-amino-alcohol motifs (C(OH)–C–C–N with tert-alkyl or cyclic N) is 1. The number of rotatable bonds is 2. The molecule has 1 aliphatic heterocycles. The third kappa shape index (κ3) is 1.59. The molecular weight excluding hydrogens is 186 g/mol. The summed E-state index contributed by atoms with van der Waals surface area (Å²) in [6.07, 6.45) is 1.20. The average molecular weight is 199 g/mol. The molecule has 0 aromatic heterocycles. The molecule has 1 aliphatic carbocycles. The second kappa shape index (κ2) is 3.24. The van der Waals surface area contributed by atoms with Crippen molar-refractivity contribution in [2.24, 2.45) is 5.92 Å². The third-order valence-corrected chi connectivity index (χ3v) is 2.77. The number of nitrogens with zero attached hydrogens (tertiary/aromatic N) is 1. The van der Waals surface area contributed by atoms with Crippen LogP contribution in [0.25, 0.3) is 0 Å². The van der Waals surface area contributed by atoms with Crippen LogP contribution in [0.2, 0.25) is 0 Å². The highest BCUT2D eigenvalue weighted by atomic mass is 16.4. The van der Waals surface area contributed by atoms with Gasteiger partial charge in [-0.05, 0) is 12.8 Å². The van der Waals surface area contributed by atoms with Crippen molar-refractivity contribution < 1.29 is 19.8 Å². The molecule has 1 saturated carbocycles. The van der Waals surface area contributed by atoms with E-state index in [2.05, 4.69) is 0 Å². The summed E-state index contributed by atoms with van der Waals surface area (Å²) < 4.78 is 0. The zero-order chi connectivity index (χ0) is 10.3. The standard InChI is InChI=1S/C9H13NO4/c11-6-3-7(9(13)14)10(4-6)8(12)5-1-2-5/h5-7,11H,1-4H2,(H,13,14). The molecule has 1 saturated heterocycles. The molecule has 2 N–H and O–H groups in total. The lowest BCUT2D eigenvalue weighted by Crippen LogP contribution is -2.41. The quantitative estimate of drug-likeness (QED) is 0.625. The summed E-state index contributed by atoms with van der Waals surface area (Å²) in [4.78, 5) is 23.7. The van der Waals surface area contributed by atoms with E-state index in [0.29, 0.717) is 0 Å². The van der Waals surface area contributed by atoms with Crippen LogP contribution >= 0.6 is 0 Å². The number of hydrogen-bond donors (Lipinski definition) is 2. The van der Waals surface area contributed by atoms with Crippen LogP contribution in [-0.4, -0.2) is 45.7 Å². The number of aliphatic hydroxyl groups is 1. The minimum absolute atomic E-state index is 0.0159. The number of likely N-dealkylation sites (tertiary alicyclic amines) is 1. The number of carbonyl (C=O) groups is 2. The van der Waals surface area contributed by atoms with E-state index in [1.54, 1.807) is 0 Å². The first-order valence-corrected chi connectivity index (χ1v) is 4.81. The summed E-state index contributed by atoms with van der Waals surface area (Å²) in [7, 11) is 0. The topological polar surface area (TPSA) is 77.8 Å². The molecule has 78 valence electrons. The molecule has 0 spiro atoms. The minimum atomic E-state index is -1.02. The molecule has 5 heteroatoms. The van der Waals surface area contributed by atoms with Gasteiger partial charge in [0, 0.05) is 18.9 Å². The van der Waals surface area contributed by atoms with Gasteiger partial charge in [0.25, 0.3) is 0 Å². The van der Waals surface area contributed by atoms with Crippen molar-refractivity contribution in [1.82, 2.24) is 4.90 Å². The summed E-state index contributed by atoms with van der Waals surface area (Å²) >= 11 is 0. The van der Waals surface area contributed by atoms with Gasteiger partial charge in [0.1, 0.15) is 6.04 Å². The lowest BCUT2D eigenvalue weighted by Gasteiger charge is -2.20. The minimum Gasteiger partial charge on any atom is -0.480 e. The molecular formula is C9H13NO4.